The van der Waals surface area contributed by atoms with E-state index in [0.29, 0.717) is 12.2 Å². The van der Waals surface area contributed by atoms with Gasteiger partial charge in [-0.3, -0.25) is 14.4 Å². The summed E-state index contributed by atoms with van der Waals surface area (Å²) in [5.74, 6) is -0.0959. The molecule has 0 aliphatic rings. The predicted octanol–water partition coefficient (Wildman–Crippen LogP) is 4.15. The number of benzene rings is 1. The zero-order valence-electron chi connectivity index (χ0n) is 17.6. The Labute approximate surface area is 170 Å². The van der Waals surface area contributed by atoms with Crippen molar-refractivity contribution in [1.29, 1.82) is 0 Å². The second-order valence-corrected chi connectivity index (χ2v) is 8.59. The topological polar surface area (TPSA) is 54.3 Å². The van der Waals surface area contributed by atoms with E-state index in [4.69, 9.17) is 4.98 Å². The first-order valence-corrected chi connectivity index (χ1v) is 10.5. The number of likely N-dealkylation sites (N-methyl/N-ethyl adjacent to an activating group) is 1. The molecule has 2 aromatic heterocycles. The first-order valence-electron chi connectivity index (χ1n) is 9.73. The lowest BCUT2D eigenvalue weighted by Gasteiger charge is -2.21. The van der Waals surface area contributed by atoms with Crippen molar-refractivity contribution < 1.29 is 4.79 Å². The van der Waals surface area contributed by atoms with Crippen LogP contribution in [0.3, 0.4) is 0 Å². The Balaban J connectivity index is 2.01. The summed E-state index contributed by atoms with van der Waals surface area (Å²) in [5, 5.41) is 5.29. The molecule has 0 unspecified atom stereocenters. The molecule has 0 spiro atoms. The van der Waals surface area contributed by atoms with E-state index < -0.39 is 0 Å². The standard InChI is InChI=1S/C21H29N5OS/c1-7-16-9-8-10-18-19(16)22-21(28-18)25(12-11-24(5)6)20(27)17-13-15(4)26(23-17)14(2)3/h8-10,13-14H,7,11-12H2,1-6H3. The normalized spacial score (nSPS) is 11.7. The number of hydrogen-bond acceptors (Lipinski definition) is 5. The molecular weight excluding hydrogens is 370 g/mol. The van der Waals surface area contributed by atoms with Crippen LogP contribution in [-0.2, 0) is 6.42 Å². The summed E-state index contributed by atoms with van der Waals surface area (Å²) < 4.78 is 3.01. The van der Waals surface area contributed by atoms with E-state index in [-0.39, 0.29) is 11.9 Å². The van der Waals surface area contributed by atoms with Crippen molar-refractivity contribution in [1.82, 2.24) is 19.7 Å². The zero-order chi connectivity index (χ0) is 20.4. The van der Waals surface area contributed by atoms with Crippen LogP contribution in [0.4, 0.5) is 5.13 Å². The van der Waals surface area contributed by atoms with Gasteiger partial charge in [0.2, 0.25) is 0 Å². The quantitative estimate of drug-likeness (QED) is 0.599. The largest absolute Gasteiger partial charge is 0.308 e. The van der Waals surface area contributed by atoms with Gasteiger partial charge < -0.3 is 4.90 Å². The predicted molar refractivity (Wildman–Crippen MR) is 117 cm³/mol. The number of aromatic nitrogens is 3. The molecule has 6 nitrogen and oxygen atoms in total. The number of para-hydroxylation sites is 1. The molecule has 0 N–H and O–H groups in total. The number of rotatable bonds is 7. The first kappa shape index (κ1) is 20.5. The first-order chi connectivity index (χ1) is 13.3. The summed E-state index contributed by atoms with van der Waals surface area (Å²) in [7, 11) is 4.02. The van der Waals surface area contributed by atoms with E-state index in [0.717, 1.165) is 34.0 Å². The van der Waals surface area contributed by atoms with Crippen LogP contribution in [0.15, 0.2) is 24.3 Å². The number of nitrogens with zero attached hydrogens (tertiary/aromatic N) is 5. The second kappa shape index (κ2) is 8.41. The third kappa shape index (κ3) is 4.10. The van der Waals surface area contributed by atoms with Gasteiger partial charge in [-0.1, -0.05) is 30.4 Å². The molecule has 3 aromatic rings. The van der Waals surface area contributed by atoms with Gasteiger partial charge in [-0.2, -0.15) is 5.10 Å². The number of amides is 1. The third-order valence-corrected chi connectivity index (χ3v) is 5.79. The Hall–Kier alpha value is -2.25. The van der Waals surface area contributed by atoms with E-state index >= 15 is 0 Å². The smallest absolute Gasteiger partial charge is 0.280 e. The minimum atomic E-state index is -0.0959. The lowest BCUT2D eigenvalue weighted by Crippen LogP contribution is -2.37. The maximum absolute atomic E-state index is 13.4. The number of aryl methyl sites for hydroxylation is 2. The molecule has 0 atom stereocenters. The Morgan fingerprint density at radius 1 is 1.25 bits per heavy atom. The summed E-state index contributed by atoms with van der Waals surface area (Å²) in [6, 6.07) is 8.32. The number of fused-ring (bicyclic) bond motifs is 1. The van der Waals surface area contributed by atoms with E-state index in [9.17, 15) is 4.79 Å². The van der Waals surface area contributed by atoms with Crippen molar-refractivity contribution in [3.8, 4) is 0 Å². The highest BCUT2D eigenvalue weighted by atomic mass is 32.1. The molecule has 0 bridgehead atoms. The molecule has 0 saturated heterocycles. The van der Waals surface area contributed by atoms with Crippen LogP contribution < -0.4 is 4.90 Å². The molecule has 0 aliphatic carbocycles. The molecule has 2 heterocycles. The van der Waals surface area contributed by atoms with E-state index in [1.165, 1.54) is 5.56 Å². The number of hydrogen-bond donors (Lipinski definition) is 0. The summed E-state index contributed by atoms with van der Waals surface area (Å²) in [6.07, 6.45) is 0.921. The summed E-state index contributed by atoms with van der Waals surface area (Å²) in [4.78, 5) is 22.1. The van der Waals surface area contributed by atoms with Crippen LogP contribution in [-0.4, -0.2) is 52.8 Å². The maximum Gasteiger partial charge on any atom is 0.280 e. The fourth-order valence-electron chi connectivity index (χ4n) is 3.23. The maximum atomic E-state index is 13.4. The molecule has 28 heavy (non-hydrogen) atoms. The van der Waals surface area contributed by atoms with Gasteiger partial charge in [-0.05, 0) is 59.0 Å². The van der Waals surface area contributed by atoms with Crippen LogP contribution in [0.25, 0.3) is 10.2 Å². The van der Waals surface area contributed by atoms with Gasteiger partial charge in [-0.15, -0.1) is 0 Å². The Bertz CT molecular complexity index is 972. The fraction of sp³-hybridized carbons (Fsp3) is 0.476. The van der Waals surface area contributed by atoms with Gasteiger partial charge >= 0.3 is 0 Å². The van der Waals surface area contributed by atoms with Gasteiger partial charge in [0, 0.05) is 24.8 Å². The van der Waals surface area contributed by atoms with Gasteiger partial charge in [0.25, 0.3) is 5.91 Å². The van der Waals surface area contributed by atoms with E-state index in [1.807, 2.05) is 31.8 Å². The fourth-order valence-corrected chi connectivity index (χ4v) is 4.27. The molecule has 150 valence electrons. The van der Waals surface area contributed by atoms with Crippen LogP contribution in [0.2, 0.25) is 0 Å². The van der Waals surface area contributed by atoms with Crippen LogP contribution >= 0.6 is 11.3 Å². The molecule has 3 rings (SSSR count). The highest BCUT2D eigenvalue weighted by Crippen LogP contribution is 2.31. The highest BCUT2D eigenvalue weighted by Gasteiger charge is 2.25. The van der Waals surface area contributed by atoms with Crippen LogP contribution in [0.5, 0.6) is 0 Å². The average Bonchev–Trinajstić information content (AvgIpc) is 3.24. The SMILES string of the molecule is CCc1cccc2sc(N(CCN(C)C)C(=O)c3cc(C)n(C(C)C)n3)nc12. The van der Waals surface area contributed by atoms with Gasteiger partial charge in [0.05, 0.1) is 10.2 Å². The number of thiazole rings is 1. The molecule has 1 aromatic carbocycles. The number of carbonyl (C=O) groups excluding carboxylic acids is 1. The lowest BCUT2D eigenvalue weighted by molar-refractivity contribution is 0.0979. The molecule has 0 aliphatic heterocycles. The summed E-state index contributed by atoms with van der Waals surface area (Å²) in [5.41, 5.74) is 3.67. The Morgan fingerprint density at radius 2 is 2.00 bits per heavy atom. The van der Waals surface area contributed by atoms with Crippen LogP contribution in [0, 0.1) is 6.92 Å². The van der Waals surface area contributed by atoms with Crippen molar-refractivity contribution in [3.05, 3.63) is 41.2 Å². The minimum Gasteiger partial charge on any atom is -0.308 e. The van der Waals surface area contributed by atoms with Gasteiger partial charge in [0.1, 0.15) is 0 Å². The molecule has 0 fully saturated rings. The molecular formula is C21H29N5OS. The van der Waals surface area contributed by atoms with Crippen molar-refractivity contribution >= 4 is 32.6 Å². The van der Waals surface area contributed by atoms with Crippen LogP contribution in [0.1, 0.15) is 48.6 Å². The zero-order valence-corrected chi connectivity index (χ0v) is 18.4. The average molecular weight is 400 g/mol. The van der Waals surface area contributed by atoms with Crippen molar-refractivity contribution in [2.75, 3.05) is 32.1 Å². The van der Waals surface area contributed by atoms with Crippen molar-refractivity contribution in [2.45, 2.75) is 40.2 Å². The summed E-state index contributed by atoms with van der Waals surface area (Å²) >= 11 is 1.57. The summed E-state index contributed by atoms with van der Waals surface area (Å²) in [6.45, 7) is 9.58. The third-order valence-electron chi connectivity index (χ3n) is 4.75. The molecule has 7 heteroatoms. The molecule has 0 radical (unpaired) electrons. The monoisotopic (exact) mass is 399 g/mol. The lowest BCUT2D eigenvalue weighted by atomic mass is 10.1. The highest BCUT2D eigenvalue weighted by molar-refractivity contribution is 7.22. The molecule has 0 saturated carbocycles. The Kier molecular flexibility index (Phi) is 6.15. The second-order valence-electron chi connectivity index (χ2n) is 7.58. The Morgan fingerprint density at radius 3 is 2.61 bits per heavy atom. The molecule has 1 amide bonds. The van der Waals surface area contributed by atoms with Crippen molar-refractivity contribution in [2.24, 2.45) is 0 Å². The minimum absolute atomic E-state index is 0.0959. The number of carbonyl (C=O) groups is 1. The van der Waals surface area contributed by atoms with Crippen molar-refractivity contribution in [3.63, 3.8) is 0 Å². The number of anilines is 1. The van der Waals surface area contributed by atoms with E-state index in [2.05, 4.69) is 49.0 Å². The van der Waals surface area contributed by atoms with Gasteiger partial charge in [0.15, 0.2) is 10.8 Å². The van der Waals surface area contributed by atoms with E-state index in [1.54, 1.807) is 16.2 Å². The van der Waals surface area contributed by atoms with Gasteiger partial charge in [-0.25, -0.2) is 4.98 Å².